The number of fused-ring (bicyclic) bond motifs is 1. The molecule has 0 fully saturated rings. The van der Waals surface area contributed by atoms with Crippen LogP contribution in [0.3, 0.4) is 0 Å². The van der Waals surface area contributed by atoms with Crippen molar-refractivity contribution in [2.75, 3.05) is 12.4 Å². The minimum atomic E-state index is -0.675. The fourth-order valence-electron chi connectivity index (χ4n) is 2.73. The fourth-order valence-corrected chi connectivity index (χ4v) is 2.73. The summed E-state index contributed by atoms with van der Waals surface area (Å²) >= 11 is 0. The van der Waals surface area contributed by atoms with Crippen LogP contribution in [-0.2, 0) is 11.3 Å². The normalized spacial score (nSPS) is 10.7. The number of non-ortho nitro benzene ring substituents is 1. The molecule has 9 heteroatoms. The lowest BCUT2D eigenvalue weighted by Crippen LogP contribution is -2.20. The number of anilines is 1. The smallest absolute Gasteiger partial charge is 0.419 e. The van der Waals surface area contributed by atoms with Crippen molar-refractivity contribution in [3.8, 4) is 5.75 Å². The topological polar surface area (TPSA) is 117 Å². The molecule has 1 aromatic heterocycles. The molecule has 0 bridgehead atoms. The lowest BCUT2D eigenvalue weighted by Gasteiger charge is -2.11. The lowest BCUT2D eigenvalue weighted by molar-refractivity contribution is -0.384. The van der Waals surface area contributed by atoms with Crippen LogP contribution in [0.15, 0.2) is 45.6 Å². The van der Waals surface area contributed by atoms with Crippen LogP contribution >= 0.6 is 0 Å². The van der Waals surface area contributed by atoms with E-state index in [-0.39, 0.29) is 30.1 Å². The number of carbonyl (C=O) groups excluding carboxylic acids is 1. The van der Waals surface area contributed by atoms with Gasteiger partial charge in [-0.3, -0.25) is 19.5 Å². The Balaban J connectivity index is 1.76. The maximum Gasteiger partial charge on any atom is 0.419 e. The first-order chi connectivity index (χ1) is 12.9. The Kier molecular flexibility index (Phi) is 4.93. The van der Waals surface area contributed by atoms with E-state index in [1.165, 1.54) is 29.9 Å². The maximum atomic E-state index is 12.3. The summed E-state index contributed by atoms with van der Waals surface area (Å²) in [5.41, 5.74) is 1.83. The first-order valence-electron chi connectivity index (χ1n) is 8.11. The number of nitrogens with one attached hydrogen (secondary N) is 1. The van der Waals surface area contributed by atoms with E-state index in [4.69, 9.17) is 9.15 Å². The Morgan fingerprint density at radius 3 is 2.78 bits per heavy atom. The Morgan fingerprint density at radius 1 is 1.30 bits per heavy atom. The number of aromatic nitrogens is 1. The highest BCUT2D eigenvalue weighted by molar-refractivity contribution is 5.92. The summed E-state index contributed by atoms with van der Waals surface area (Å²) in [5, 5.41) is 13.6. The molecule has 9 nitrogen and oxygen atoms in total. The molecule has 0 saturated heterocycles. The molecule has 140 valence electrons. The number of oxazole rings is 1. The van der Waals surface area contributed by atoms with Crippen LogP contribution in [0.2, 0.25) is 0 Å². The summed E-state index contributed by atoms with van der Waals surface area (Å²) < 4.78 is 11.5. The summed E-state index contributed by atoms with van der Waals surface area (Å²) in [5.74, 6) is -0.444. The second-order valence-corrected chi connectivity index (χ2v) is 5.93. The van der Waals surface area contributed by atoms with Gasteiger partial charge in [0.1, 0.15) is 5.75 Å². The van der Waals surface area contributed by atoms with E-state index in [2.05, 4.69) is 5.32 Å². The van der Waals surface area contributed by atoms with Crippen molar-refractivity contribution >= 4 is 28.4 Å². The molecule has 0 aliphatic rings. The molecule has 2 aromatic carbocycles. The number of rotatable bonds is 6. The largest absolute Gasteiger partial charge is 0.495 e. The minimum Gasteiger partial charge on any atom is -0.495 e. The molecule has 3 aromatic rings. The predicted molar refractivity (Wildman–Crippen MR) is 98.1 cm³/mol. The van der Waals surface area contributed by atoms with Crippen LogP contribution in [0.5, 0.6) is 5.75 Å². The predicted octanol–water partition coefficient (Wildman–Crippen LogP) is 2.85. The van der Waals surface area contributed by atoms with Crippen LogP contribution in [0, 0.1) is 17.0 Å². The summed E-state index contributed by atoms with van der Waals surface area (Å²) in [4.78, 5) is 34.5. The minimum absolute atomic E-state index is 0.0165. The first-order valence-corrected chi connectivity index (χ1v) is 8.11. The number of methoxy groups -OCH3 is 1. The quantitative estimate of drug-likeness (QED) is 0.526. The Bertz CT molecular complexity index is 1080. The average Bonchev–Trinajstić information content (AvgIpc) is 2.94. The number of benzene rings is 2. The van der Waals surface area contributed by atoms with Crippen LogP contribution in [0.1, 0.15) is 12.0 Å². The van der Waals surface area contributed by atoms with Crippen molar-refractivity contribution in [1.82, 2.24) is 4.57 Å². The number of hydrogen-bond donors (Lipinski definition) is 1. The van der Waals surface area contributed by atoms with Gasteiger partial charge < -0.3 is 14.5 Å². The zero-order valence-corrected chi connectivity index (χ0v) is 14.7. The highest BCUT2D eigenvalue weighted by Gasteiger charge is 2.15. The Labute approximate surface area is 153 Å². The molecular formula is C18H17N3O6. The zero-order valence-electron chi connectivity index (χ0n) is 14.7. The second-order valence-electron chi connectivity index (χ2n) is 5.93. The van der Waals surface area contributed by atoms with Gasteiger partial charge in [0.25, 0.3) is 5.69 Å². The van der Waals surface area contributed by atoms with Crippen molar-refractivity contribution in [3.63, 3.8) is 0 Å². The molecule has 0 aliphatic heterocycles. The van der Waals surface area contributed by atoms with E-state index in [0.29, 0.717) is 17.0 Å². The van der Waals surface area contributed by atoms with Crippen molar-refractivity contribution < 1.29 is 18.9 Å². The fraction of sp³-hybridized carbons (Fsp3) is 0.222. The van der Waals surface area contributed by atoms with E-state index in [1.807, 2.05) is 13.0 Å². The number of aryl methyl sites for hydroxylation is 2. The van der Waals surface area contributed by atoms with E-state index < -0.39 is 10.7 Å². The molecule has 0 aliphatic carbocycles. The van der Waals surface area contributed by atoms with Crippen LogP contribution in [0.25, 0.3) is 11.1 Å². The van der Waals surface area contributed by atoms with Crippen LogP contribution < -0.4 is 15.8 Å². The number of carbonyl (C=O) groups is 1. The highest BCUT2D eigenvalue weighted by atomic mass is 16.6. The third-order valence-electron chi connectivity index (χ3n) is 4.05. The zero-order chi connectivity index (χ0) is 19.6. The molecule has 27 heavy (non-hydrogen) atoms. The number of amides is 1. The number of ether oxygens (including phenoxy) is 1. The molecular weight excluding hydrogens is 354 g/mol. The van der Waals surface area contributed by atoms with Crippen LogP contribution in [-0.4, -0.2) is 22.5 Å². The monoisotopic (exact) mass is 371 g/mol. The number of hydrogen-bond acceptors (Lipinski definition) is 6. The lowest BCUT2D eigenvalue weighted by atomic mass is 10.2. The first kappa shape index (κ1) is 18.2. The standard InChI is InChI=1S/C18H17N3O6/c1-11-3-6-15(26-2)13(9-11)19-17(22)7-8-20-14-5-4-12(21(24)25)10-16(14)27-18(20)23/h3-6,9-10H,7-8H2,1-2H3,(H,19,22). The van der Waals surface area contributed by atoms with Gasteiger partial charge in [0.2, 0.25) is 5.91 Å². The van der Waals surface area contributed by atoms with Gasteiger partial charge in [-0.2, -0.15) is 0 Å². The molecule has 0 unspecified atom stereocenters. The molecule has 1 N–H and O–H groups in total. The molecule has 0 spiro atoms. The third kappa shape index (κ3) is 3.81. The van der Waals surface area contributed by atoms with Gasteiger partial charge in [-0.25, -0.2) is 4.79 Å². The molecule has 1 amide bonds. The Hall–Kier alpha value is -3.62. The van der Waals surface area contributed by atoms with Crippen molar-refractivity contribution in [3.05, 3.63) is 62.6 Å². The second kappa shape index (κ2) is 7.32. The number of nitro groups is 1. The van der Waals surface area contributed by atoms with Gasteiger partial charge in [0.15, 0.2) is 5.58 Å². The molecule has 1 heterocycles. The van der Waals surface area contributed by atoms with Gasteiger partial charge in [-0.05, 0) is 30.7 Å². The SMILES string of the molecule is COc1ccc(C)cc1NC(=O)CCn1c(=O)oc2cc([N+](=O)[O-])ccc21. The van der Waals surface area contributed by atoms with Gasteiger partial charge in [0, 0.05) is 19.0 Å². The Morgan fingerprint density at radius 2 is 2.07 bits per heavy atom. The van der Waals surface area contributed by atoms with E-state index >= 15 is 0 Å². The average molecular weight is 371 g/mol. The van der Waals surface area contributed by atoms with E-state index in [9.17, 15) is 19.7 Å². The number of nitrogens with zero attached hydrogens (tertiary/aromatic N) is 2. The van der Waals surface area contributed by atoms with Gasteiger partial charge in [-0.15, -0.1) is 0 Å². The molecule has 0 saturated carbocycles. The van der Waals surface area contributed by atoms with Crippen LogP contribution in [0.4, 0.5) is 11.4 Å². The van der Waals surface area contributed by atoms with Crippen molar-refractivity contribution in [1.29, 1.82) is 0 Å². The summed E-state index contributed by atoms with van der Waals surface area (Å²) in [7, 11) is 1.51. The molecule has 0 atom stereocenters. The van der Waals surface area contributed by atoms with E-state index in [1.54, 1.807) is 12.1 Å². The van der Waals surface area contributed by atoms with Gasteiger partial charge >= 0.3 is 5.76 Å². The molecule has 0 radical (unpaired) electrons. The highest BCUT2D eigenvalue weighted by Crippen LogP contribution is 2.25. The summed E-state index contributed by atoms with van der Waals surface area (Å²) in [6.07, 6.45) is 0.0165. The van der Waals surface area contributed by atoms with Gasteiger partial charge in [-0.1, -0.05) is 6.07 Å². The number of nitro benzene ring substituents is 1. The van der Waals surface area contributed by atoms with Crippen molar-refractivity contribution in [2.45, 2.75) is 19.9 Å². The van der Waals surface area contributed by atoms with E-state index in [0.717, 1.165) is 5.56 Å². The third-order valence-corrected chi connectivity index (χ3v) is 4.05. The maximum absolute atomic E-state index is 12.3. The summed E-state index contributed by atoms with van der Waals surface area (Å²) in [6.45, 7) is 1.97. The van der Waals surface area contributed by atoms with Crippen molar-refractivity contribution in [2.24, 2.45) is 0 Å². The van der Waals surface area contributed by atoms with Gasteiger partial charge in [0.05, 0.1) is 29.3 Å². The molecule has 3 rings (SSSR count). The summed E-state index contributed by atoms with van der Waals surface area (Å²) in [6, 6.07) is 9.31.